The summed E-state index contributed by atoms with van der Waals surface area (Å²) in [7, 11) is 3.19. The first-order chi connectivity index (χ1) is 42.0. The fourth-order valence-corrected chi connectivity index (χ4v) is 9.56. The van der Waals surface area contributed by atoms with Crippen LogP contribution < -0.4 is 78.3 Å². The Labute approximate surface area is 508 Å². The zero-order valence-corrected chi connectivity index (χ0v) is 49.2. The minimum Gasteiger partial charge on any atom is -0.495 e. The lowest BCUT2D eigenvalue weighted by Gasteiger charge is -2.13. The monoisotopic (exact) mass is 1220 g/mol. The van der Waals surface area contributed by atoms with Crippen LogP contribution in [0.1, 0.15) is 33.4 Å². The minimum atomic E-state index is -2.32. The molecule has 24 N–H and O–H groups in total. The Morgan fingerprint density at radius 3 is 0.843 bits per heavy atom. The molecule has 0 atom stereocenters. The van der Waals surface area contributed by atoms with Crippen molar-refractivity contribution in [1.29, 1.82) is 0 Å². The maximum Gasteiger partial charge on any atom is 0.185 e. The third-order valence-corrected chi connectivity index (χ3v) is 14.6. The average Bonchev–Trinajstić information content (AvgIpc) is 1.87. The molecule has 14 nitrogen and oxygen atoms in total. The van der Waals surface area contributed by atoms with Crippen molar-refractivity contribution in [2.24, 2.45) is 0 Å². The molecule has 10 aromatic carbocycles. The fourth-order valence-electron chi connectivity index (χ4n) is 9.56. The summed E-state index contributed by atoms with van der Waals surface area (Å²) in [5.41, 5.74) is 83.1. The van der Waals surface area contributed by atoms with Gasteiger partial charge in [0.25, 0.3) is 0 Å². The zero-order chi connectivity index (χ0) is 65.6. The highest BCUT2D eigenvalue weighted by molar-refractivity contribution is 5.82. The van der Waals surface area contributed by atoms with Gasteiger partial charge in [-0.1, -0.05) is 36.4 Å². The number of fused-ring (bicyclic) bond motifs is 3. The number of anilines is 12. The van der Waals surface area contributed by atoms with Gasteiger partial charge >= 0.3 is 0 Å². The number of aryl methyl sites for hydroxylation is 4. The molecule has 10 aromatic rings. The lowest BCUT2D eigenvalue weighted by Crippen LogP contribution is -2.10. The summed E-state index contributed by atoms with van der Waals surface area (Å²) in [6, 6.07) is 43.0. The Kier molecular flexibility index (Phi) is 19.9. The SMILES string of the molecule is COc1cc(-c2ccc(N)c(OC)c2)ccc1N.Cc1cc(-c2cc(C)c(N)c(C)c2)cc(C)c1N.Nc1c(F)c(F)c(-c2c(F)c(F)c(N)c(F)c2F)c(F)c1F.Nc1ccc(-c2ccc(N)c(N)c2)cc1N.Nc1ccc2c(c1)Cc1cc(N)ccc1-2. The Balaban J connectivity index is 0.000000159. The van der Waals surface area contributed by atoms with E-state index in [1.165, 1.54) is 33.4 Å². The highest BCUT2D eigenvalue weighted by Gasteiger charge is 2.33. The van der Waals surface area contributed by atoms with E-state index < -0.39 is 69.0 Å². The molecule has 462 valence electrons. The van der Waals surface area contributed by atoms with Crippen molar-refractivity contribution >= 4 is 68.2 Å². The topological polar surface area (TPSA) is 331 Å². The largest absolute Gasteiger partial charge is 0.495 e. The van der Waals surface area contributed by atoms with Crippen molar-refractivity contribution in [3.63, 3.8) is 0 Å². The van der Waals surface area contributed by atoms with Crippen LogP contribution in [0.3, 0.4) is 0 Å². The third-order valence-electron chi connectivity index (χ3n) is 14.6. The Morgan fingerprint density at radius 1 is 0.281 bits per heavy atom. The predicted octanol–water partition coefficient (Wildman–Crippen LogP) is 14.0. The lowest BCUT2D eigenvalue weighted by atomic mass is 9.95. The Morgan fingerprint density at radius 2 is 0.562 bits per heavy atom. The number of hydrogen-bond donors (Lipinski definition) is 12. The average molecular weight is 1220 g/mol. The van der Waals surface area contributed by atoms with E-state index in [-0.39, 0.29) is 0 Å². The number of halogens is 8. The smallest absolute Gasteiger partial charge is 0.185 e. The standard InChI is InChI=1S/C16H20N2.C14H16N2O2.C13H12N2.C12H4F8N2.C12H14N4/c1-9-5-13(6-10(2)15(9)17)14-7-11(3)16(18)12(4)8-14;1-17-13-7-9(3-5-11(13)15)10-4-6-12(16)14(8-10)18-2;14-10-1-3-12-8(6-10)5-9-7-11(15)2-4-13(9)12;13-3-1(4(14)8(18)11(21)7(3)17)2-5(15)9(19)12(22)10(20)6(2)16;13-9-3-1-7(5-11(9)15)8-2-4-10(14)12(16)6-8/h5-8H,17-18H2,1-4H3;3-8H,15-16H2,1-2H3;1-4,6-7H,5,14-15H2;21-22H2;1-6H,13-16H2. The molecule has 0 fully saturated rings. The van der Waals surface area contributed by atoms with Crippen LogP contribution in [0.2, 0.25) is 0 Å². The van der Waals surface area contributed by atoms with Gasteiger partial charge in [-0.15, -0.1) is 0 Å². The van der Waals surface area contributed by atoms with Gasteiger partial charge in [0.2, 0.25) is 0 Å². The summed E-state index contributed by atoms with van der Waals surface area (Å²) < 4.78 is 118. The van der Waals surface area contributed by atoms with E-state index >= 15 is 0 Å². The van der Waals surface area contributed by atoms with Crippen molar-refractivity contribution in [3.05, 3.63) is 213 Å². The molecule has 1 aliphatic rings. The van der Waals surface area contributed by atoms with Gasteiger partial charge in [-0.2, -0.15) is 0 Å². The maximum absolute atomic E-state index is 13.6. The van der Waals surface area contributed by atoms with Crippen LogP contribution in [-0.2, 0) is 6.42 Å². The molecule has 0 saturated carbocycles. The zero-order valence-electron chi connectivity index (χ0n) is 49.2. The number of rotatable bonds is 6. The van der Waals surface area contributed by atoms with Crippen LogP contribution in [0.15, 0.2) is 133 Å². The van der Waals surface area contributed by atoms with E-state index in [0.717, 1.165) is 73.7 Å². The molecule has 89 heavy (non-hydrogen) atoms. The van der Waals surface area contributed by atoms with E-state index in [4.69, 9.17) is 78.3 Å². The summed E-state index contributed by atoms with van der Waals surface area (Å²) in [4.78, 5) is 0. The van der Waals surface area contributed by atoms with Gasteiger partial charge < -0.3 is 78.3 Å². The second kappa shape index (κ2) is 27.0. The van der Waals surface area contributed by atoms with Gasteiger partial charge in [0.15, 0.2) is 46.5 Å². The first-order valence-electron chi connectivity index (χ1n) is 26.9. The van der Waals surface area contributed by atoms with Crippen molar-refractivity contribution in [2.45, 2.75) is 34.1 Å². The summed E-state index contributed by atoms with van der Waals surface area (Å²) in [5.74, 6) is -16.7. The van der Waals surface area contributed by atoms with Crippen molar-refractivity contribution in [2.75, 3.05) is 83.0 Å². The van der Waals surface area contributed by atoms with Gasteiger partial charge in [0, 0.05) is 22.7 Å². The summed E-state index contributed by atoms with van der Waals surface area (Å²) in [5, 5.41) is 0. The highest BCUT2D eigenvalue weighted by atomic mass is 19.2. The predicted molar refractivity (Wildman–Crippen MR) is 347 cm³/mol. The van der Waals surface area contributed by atoms with Crippen LogP contribution in [0.25, 0.3) is 55.6 Å². The summed E-state index contributed by atoms with van der Waals surface area (Å²) in [6.07, 6.45) is 0.945. The van der Waals surface area contributed by atoms with E-state index in [9.17, 15) is 35.1 Å². The molecule has 1 aliphatic carbocycles. The van der Waals surface area contributed by atoms with Crippen molar-refractivity contribution in [3.8, 4) is 67.1 Å². The molecule has 0 amide bonds. The fraction of sp³-hybridized carbons (Fsp3) is 0.104. The number of nitrogen functional groups attached to an aromatic ring is 12. The maximum atomic E-state index is 13.6. The second-order valence-electron chi connectivity index (χ2n) is 20.7. The molecule has 22 heteroatoms. The van der Waals surface area contributed by atoms with Gasteiger partial charge in [-0.05, 0) is 209 Å². The Hall–Kier alpha value is -11.2. The molecule has 0 spiro atoms. The molecular formula is C67H66F8N12O2. The van der Waals surface area contributed by atoms with Crippen LogP contribution >= 0.6 is 0 Å². The number of ether oxygens (including phenoxy) is 2. The number of benzene rings is 10. The minimum absolute atomic E-state index is 0.563. The summed E-state index contributed by atoms with van der Waals surface area (Å²) in [6.45, 7) is 8.18. The number of methoxy groups -OCH3 is 2. The number of hydrogen-bond acceptors (Lipinski definition) is 14. The number of nitrogens with two attached hydrogens (primary N) is 12. The van der Waals surface area contributed by atoms with Crippen molar-refractivity contribution in [1.82, 2.24) is 0 Å². The molecular weight excluding hydrogens is 1160 g/mol. The van der Waals surface area contributed by atoms with Crippen molar-refractivity contribution < 1.29 is 44.6 Å². The molecule has 0 heterocycles. The molecule has 11 rings (SSSR count). The van der Waals surface area contributed by atoms with Crippen LogP contribution in [0.4, 0.5) is 103 Å². The molecule has 0 saturated heterocycles. The van der Waals surface area contributed by atoms with E-state index in [0.29, 0.717) is 45.6 Å². The molecule has 0 aromatic heterocycles. The van der Waals surface area contributed by atoms with Crippen LogP contribution in [0, 0.1) is 74.2 Å². The van der Waals surface area contributed by atoms with Gasteiger partial charge in [-0.3, -0.25) is 0 Å². The molecule has 0 radical (unpaired) electrons. The normalized spacial score (nSPS) is 10.9. The van der Waals surface area contributed by atoms with Gasteiger partial charge in [0.05, 0.1) is 59.5 Å². The first kappa shape index (κ1) is 65.4. The summed E-state index contributed by atoms with van der Waals surface area (Å²) >= 11 is 0. The van der Waals surface area contributed by atoms with Gasteiger partial charge in [-0.25, -0.2) is 35.1 Å². The van der Waals surface area contributed by atoms with Gasteiger partial charge in [0.1, 0.15) is 22.9 Å². The molecule has 0 aliphatic heterocycles. The van der Waals surface area contributed by atoms with Crippen LogP contribution in [-0.4, -0.2) is 14.2 Å². The second-order valence-corrected chi connectivity index (χ2v) is 20.7. The third kappa shape index (κ3) is 14.1. The Bertz CT molecular complexity index is 3980. The van der Waals surface area contributed by atoms with E-state index in [1.807, 2.05) is 113 Å². The van der Waals surface area contributed by atoms with E-state index in [1.54, 1.807) is 26.4 Å². The quantitative estimate of drug-likeness (QED) is 0.0418. The molecule has 0 bridgehead atoms. The first-order valence-corrected chi connectivity index (χ1v) is 26.9. The highest BCUT2D eigenvalue weighted by Crippen LogP contribution is 2.41. The van der Waals surface area contributed by atoms with Crippen LogP contribution in [0.5, 0.6) is 11.5 Å². The lowest BCUT2D eigenvalue weighted by molar-refractivity contribution is 0.416. The van der Waals surface area contributed by atoms with E-state index in [2.05, 4.69) is 36.4 Å². The molecule has 0 unspecified atom stereocenters.